The number of benzene rings is 1. The predicted molar refractivity (Wildman–Crippen MR) is 70.6 cm³/mol. The van der Waals surface area contributed by atoms with Gasteiger partial charge in [-0.05, 0) is 37.6 Å². The van der Waals surface area contributed by atoms with Gasteiger partial charge >= 0.3 is 0 Å². The van der Waals surface area contributed by atoms with E-state index in [4.69, 9.17) is 11.6 Å². The van der Waals surface area contributed by atoms with E-state index >= 15 is 0 Å². The van der Waals surface area contributed by atoms with E-state index in [1.807, 2.05) is 34.0 Å². The van der Waals surface area contributed by atoms with Gasteiger partial charge < -0.3 is 4.90 Å². The number of anilines is 1. The maximum absolute atomic E-state index is 6.35. The zero-order valence-electron chi connectivity index (χ0n) is 10.0. The number of hydrogen-bond donors (Lipinski definition) is 0. The third-order valence-corrected chi connectivity index (χ3v) is 3.38. The summed E-state index contributed by atoms with van der Waals surface area (Å²) < 4.78 is 0. The van der Waals surface area contributed by atoms with Crippen molar-refractivity contribution in [3.8, 4) is 0 Å². The fourth-order valence-corrected chi connectivity index (χ4v) is 1.99. The molecule has 0 radical (unpaired) electrons. The third kappa shape index (κ3) is 1.74. The maximum Gasteiger partial charge on any atom is 0.0721 e. The molecular weight excluding hydrogens is 220 g/mol. The molecule has 2 rings (SSSR count). The summed E-state index contributed by atoms with van der Waals surface area (Å²) in [6.07, 6.45) is 0. The molecule has 16 heavy (non-hydrogen) atoms. The molecule has 0 amide bonds. The quantitative estimate of drug-likeness (QED) is 0.750. The number of pyridine rings is 1. The van der Waals surface area contributed by atoms with Crippen molar-refractivity contribution in [3.63, 3.8) is 0 Å². The number of halogens is 1. The number of hydrogen-bond acceptors (Lipinski definition) is 2. The summed E-state index contributed by atoms with van der Waals surface area (Å²) in [5, 5.41) is 1.84. The van der Waals surface area contributed by atoms with Crippen LogP contribution in [0.3, 0.4) is 0 Å². The molecule has 0 unspecified atom stereocenters. The molecule has 0 aliphatic heterocycles. The van der Waals surface area contributed by atoms with Gasteiger partial charge in [-0.15, -0.1) is 0 Å². The van der Waals surface area contributed by atoms with Crippen molar-refractivity contribution in [2.75, 3.05) is 19.0 Å². The van der Waals surface area contributed by atoms with Crippen molar-refractivity contribution in [1.82, 2.24) is 4.98 Å². The van der Waals surface area contributed by atoms with Crippen molar-refractivity contribution in [1.29, 1.82) is 0 Å². The Hall–Kier alpha value is -1.28. The molecule has 1 aromatic heterocycles. The van der Waals surface area contributed by atoms with Crippen LogP contribution in [-0.2, 0) is 0 Å². The number of fused-ring (bicyclic) bond motifs is 1. The minimum Gasteiger partial charge on any atom is -0.378 e. The van der Waals surface area contributed by atoms with Crippen LogP contribution in [0.25, 0.3) is 10.9 Å². The van der Waals surface area contributed by atoms with Gasteiger partial charge in [0.1, 0.15) is 0 Å². The monoisotopic (exact) mass is 234 g/mol. The lowest BCUT2D eigenvalue weighted by Gasteiger charge is -2.14. The summed E-state index contributed by atoms with van der Waals surface area (Å²) in [6, 6.07) is 6.15. The maximum atomic E-state index is 6.35. The first kappa shape index (κ1) is 11.2. The second-order valence-electron chi connectivity index (χ2n) is 4.23. The lowest BCUT2D eigenvalue weighted by molar-refractivity contribution is 1.13. The highest BCUT2D eigenvalue weighted by molar-refractivity contribution is 6.36. The van der Waals surface area contributed by atoms with Gasteiger partial charge in [-0.2, -0.15) is 0 Å². The van der Waals surface area contributed by atoms with E-state index in [-0.39, 0.29) is 0 Å². The molecule has 1 aromatic carbocycles. The van der Waals surface area contributed by atoms with Gasteiger partial charge in [-0.1, -0.05) is 11.6 Å². The molecule has 0 aliphatic rings. The Morgan fingerprint density at radius 3 is 2.50 bits per heavy atom. The second kappa shape index (κ2) is 3.95. The zero-order valence-corrected chi connectivity index (χ0v) is 10.8. The number of rotatable bonds is 1. The van der Waals surface area contributed by atoms with Gasteiger partial charge in [0, 0.05) is 30.9 Å². The molecule has 0 bridgehead atoms. The van der Waals surface area contributed by atoms with E-state index in [1.165, 1.54) is 0 Å². The summed E-state index contributed by atoms with van der Waals surface area (Å²) >= 11 is 6.35. The van der Waals surface area contributed by atoms with Crippen LogP contribution in [0.2, 0.25) is 5.02 Å². The van der Waals surface area contributed by atoms with E-state index in [0.717, 1.165) is 32.9 Å². The van der Waals surface area contributed by atoms with Gasteiger partial charge in [0.15, 0.2) is 0 Å². The molecule has 1 heterocycles. The van der Waals surface area contributed by atoms with Gasteiger partial charge in [0.05, 0.1) is 10.5 Å². The summed E-state index contributed by atoms with van der Waals surface area (Å²) in [7, 11) is 4.03. The Balaban J connectivity index is 2.78. The molecule has 84 valence electrons. The number of aromatic nitrogens is 1. The molecule has 2 aromatic rings. The summed E-state index contributed by atoms with van der Waals surface area (Å²) in [6.45, 7) is 3.99. The van der Waals surface area contributed by atoms with Crippen LogP contribution in [-0.4, -0.2) is 19.1 Å². The molecule has 0 saturated carbocycles. The molecule has 0 saturated heterocycles. The molecule has 0 aliphatic carbocycles. The number of nitrogens with zero attached hydrogens (tertiary/aromatic N) is 2. The summed E-state index contributed by atoms with van der Waals surface area (Å²) in [5.41, 5.74) is 4.15. The predicted octanol–water partition coefficient (Wildman–Crippen LogP) is 3.57. The fraction of sp³-hybridized carbons (Fsp3) is 0.308. The highest BCUT2D eigenvalue weighted by atomic mass is 35.5. The Labute approximate surface area is 101 Å². The Morgan fingerprint density at radius 1 is 1.19 bits per heavy atom. The highest BCUT2D eigenvalue weighted by Gasteiger charge is 2.08. The van der Waals surface area contributed by atoms with Crippen LogP contribution in [0.15, 0.2) is 18.2 Å². The Morgan fingerprint density at radius 2 is 1.88 bits per heavy atom. The van der Waals surface area contributed by atoms with Gasteiger partial charge in [0.2, 0.25) is 0 Å². The Bertz CT molecular complexity index is 547. The van der Waals surface area contributed by atoms with Crippen molar-refractivity contribution in [3.05, 3.63) is 34.5 Å². The van der Waals surface area contributed by atoms with E-state index in [9.17, 15) is 0 Å². The van der Waals surface area contributed by atoms with Crippen LogP contribution < -0.4 is 4.90 Å². The van der Waals surface area contributed by atoms with Crippen LogP contribution in [0.1, 0.15) is 11.3 Å². The molecule has 0 fully saturated rings. The topological polar surface area (TPSA) is 16.1 Å². The SMILES string of the molecule is Cc1nc2ccc(N(C)C)cc2c(Cl)c1C. The summed E-state index contributed by atoms with van der Waals surface area (Å²) in [5.74, 6) is 0. The van der Waals surface area contributed by atoms with Crippen LogP contribution in [0.4, 0.5) is 5.69 Å². The first-order valence-electron chi connectivity index (χ1n) is 5.24. The zero-order chi connectivity index (χ0) is 11.9. The largest absolute Gasteiger partial charge is 0.378 e. The standard InChI is InChI=1S/C13H15ClN2/c1-8-9(2)15-12-6-5-10(16(3)4)7-11(12)13(8)14/h5-7H,1-4H3. The van der Waals surface area contributed by atoms with E-state index in [2.05, 4.69) is 22.0 Å². The molecular formula is C13H15ClN2. The number of aryl methyl sites for hydroxylation is 1. The third-order valence-electron chi connectivity index (χ3n) is 2.89. The smallest absolute Gasteiger partial charge is 0.0721 e. The molecule has 0 atom stereocenters. The molecule has 3 heteroatoms. The normalized spacial score (nSPS) is 10.8. The van der Waals surface area contributed by atoms with Crippen molar-refractivity contribution in [2.24, 2.45) is 0 Å². The van der Waals surface area contributed by atoms with Gasteiger partial charge in [-0.3, -0.25) is 4.98 Å². The van der Waals surface area contributed by atoms with Crippen molar-refractivity contribution >= 4 is 28.2 Å². The lowest BCUT2D eigenvalue weighted by atomic mass is 10.1. The minimum atomic E-state index is 0.811. The average Bonchev–Trinajstić information content (AvgIpc) is 2.25. The molecule has 0 spiro atoms. The van der Waals surface area contributed by atoms with Crippen LogP contribution in [0, 0.1) is 13.8 Å². The minimum absolute atomic E-state index is 0.811. The lowest BCUT2D eigenvalue weighted by Crippen LogP contribution is -2.08. The Kier molecular flexibility index (Phi) is 2.76. The van der Waals surface area contributed by atoms with E-state index in [0.29, 0.717) is 0 Å². The molecule has 0 N–H and O–H groups in total. The summed E-state index contributed by atoms with van der Waals surface area (Å²) in [4.78, 5) is 6.59. The van der Waals surface area contributed by atoms with Crippen molar-refractivity contribution < 1.29 is 0 Å². The first-order chi connectivity index (χ1) is 7.50. The highest BCUT2D eigenvalue weighted by Crippen LogP contribution is 2.30. The average molecular weight is 235 g/mol. The van der Waals surface area contributed by atoms with Gasteiger partial charge in [0.25, 0.3) is 0 Å². The molecule has 2 nitrogen and oxygen atoms in total. The first-order valence-corrected chi connectivity index (χ1v) is 5.62. The van der Waals surface area contributed by atoms with Gasteiger partial charge in [-0.25, -0.2) is 0 Å². The second-order valence-corrected chi connectivity index (χ2v) is 4.61. The van der Waals surface area contributed by atoms with E-state index in [1.54, 1.807) is 0 Å². The fourth-order valence-electron chi connectivity index (χ4n) is 1.70. The van der Waals surface area contributed by atoms with E-state index < -0.39 is 0 Å². The van der Waals surface area contributed by atoms with Crippen LogP contribution in [0.5, 0.6) is 0 Å². The van der Waals surface area contributed by atoms with Crippen molar-refractivity contribution in [2.45, 2.75) is 13.8 Å². The van der Waals surface area contributed by atoms with Crippen LogP contribution >= 0.6 is 11.6 Å².